The summed E-state index contributed by atoms with van der Waals surface area (Å²) in [5.41, 5.74) is 3.82. The van der Waals surface area contributed by atoms with E-state index in [4.69, 9.17) is 0 Å². The van der Waals surface area contributed by atoms with Crippen molar-refractivity contribution in [2.24, 2.45) is 0 Å². The molecule has 0 aliphatic rings. The molecule has 2 N–H and O–H groups in total. The fourth-order valence-electron chi connectivity index (χ4n) is 3.56. The van der Waals surface area contributed by atoms with Crippen molar-refractivity contribution in [2.75, 3.05) is 5.32 Å². The minimum Gasteiger partial charge on any atom is -0.310 e. The quantitative estimate of drug-likeness (QED) is 0.418. The molecule has 1 aromatic carbocycles. The third kappa shape index (κ3) is 3.96. The monoisotopic (exact) mass is 459 g/mol. The summed E-state index contributed by atoms with van der Waals surface area (Å²) in [6, 6.07) is 11.5. The molecule has 0 saturated carbocycles. The number of rotatable bonds is 5. The molecule has 0 atom stereocenters. The second-order valence-electron chi connectivity index (χ2n) is 7.84. The lowest BCUT2D eigenvalue weighted by atomic mass is 10.1. The fraction of sp³-hybridized carbons (Fsp3) is 0.174. The Hall–Kier alpha value is -4.05. The second-order valence-corrected chi connectivity index (χ2v) is 8.87. The molecule has 1 amide bonds. The van der Waals surface area contributed by atoms with E-state index in [1.807, 2.05) is 49.6 Å². The Morgan fingerprint density at radius 3 is 2.73 bits per heavy atom. The van der Waals surface area contributed by atoms with Crippen molar-refractivity contribution in [3.8, 4) is 11.6 Å². The van der Waals surface area contributed by atoms with Gasteiger partial charge in [-0.15, -0.1) is 11.3 Å². The first kappa shape index (κ1) is 20.8. The molecule has 33 heavy (non-hydrogen) atoms. The largest absolute Gasteiger partial charge is 0.310 e. The summed E-state index contributed by atoms with van der Waals surface area (Å²) >= 11 is 1.52. The van der Waals surface area contributed by atoms with Gasteiger partial charge in [-0.2, -0.15) is 19.9 Å². The lowest BCUT2D eigenvalue weighted by Gasteiger charge is -2.09. The van der Waals surface area contributed by atoms with Gasteiger partial charge in [0, 0.05) is 10.9 Å². The van der Waals surface area contributed by atoms with Crippen LogP contribution >= 0.6 is 11.3 Å². The predicted molar refractivity (Wildman–Crippen MR) is 127 cm³/mol. The molecule has 0 saturated heterocycles. The minimum absolute atomic E-state index is 0.179. The van der Waals surface area contributed by atoms with Gasteiger partial charge in [-0.3, -0.25) is 14.6 Å². The van der Waals surface area contributed by atoms with Crippen LogP contribution in [-0.2, 0) is 11.2 Å². The first-order valence-corrected chi connectivity index (χ1v) is 11.2. The highest BCUT2D eigenvalue weighted by Crippen LogP contribution is 2.20. The number of aromatic amines is 1. The molecule has 0 unspecified atom stereocenters. The molecule has 0 radical (unpaired) electrons. The number of amides is 1. The summed E-state index contributed by atoms with van der Waals surface area (Å²) in [5, 5.41) is 14.0. The summed E-state index contributed by atoms with van der Waals surface area (Å²) in [4.78, 5) is 33.7. The predicted octanol–water partition coefficient (Wildman–Crippen LogP) is 3.46. The summed E-state index contributed by atoms with van der Waals surface area (Å²) in [6.45, 7) is 5.87. The van der Waals surface area contributed by atoms with Gasteiger partial charge >= 0.3 is 0 Å². The highest BCUT2D eigenvalue weighted by Gasteiger charge is 2.17. The van der Waals surface area contributed by atoms with E-state index in [9.17, 15) is 9.59 Å². The van der Waals surface area contributed by atoms with Crippen LogP contribution < -0.4 is 10.9 Å². The zero-order valence-corrected chi connectivity index (χ0v) is 19.1. The summed E-state index contributed by atoms with van der Waals surface area (Å²) < 4.78 is 3.06. The average molecular weight is 460 g/mol. The van der Waals surface area contributed by atoms with E-state index in [2.05, 4.69) is 25.5 Å². The van der Waals surface area contributed by atoms with Crippen LogP contribution in [0, 0.1) is 20.8 Å². The maximum atomic E-state index is 12.8. The highest BCUT2D eigenvalue weighted by atomic mass is 32.1. The molecule has 4 aromatic heterocycles. The zero-order valence-electron chi connectivity index (χ0n) is 18.3. The maximum absolute atomic E-state index is 12.8. The van der Waals surface area contributed by atoms with Gasteiger partial charge in [0.2, 0.25) is 11.9 Å². The Bertz CT molecular complexity index is 1540. The number of thiophene rings is 1. The topological polar surface area (TPSA) is 110 Å². The number of carbonyl (C=O) groups excluding carboxylic acids is 1. The summed E-state index contributed by atoms with van der Waals surface area (Å²) in [6.07, 6.45) is 1.75. The number of hydrogen-bond acceptors (Lipinski definition) is 6. The molecule has 10 heteroatoms. The van der Waals surface area contributed by atoms with Crippen molar-refractivity contribution in [2.45, 2.75) is 27.2 Å². The second kappa shape index (κ2) is 8.14. The van der Waals surface area contributed by atoms with Gasteiger partial charge in [0.1, 0.15) is 11.2 Å². The molecule has 0 fully saturated rings. The van der Waals surface area contributed by atoms with E-state index < -0.39 is 0 Å². The normalized spacial score (nSPS) is 11.2. The molecular weight excluding hydrogens is 438 g/mol. The lowest BCUT2D eigenvalue weighted by molar-refractivity contribution is -0.115. The molecule has 5 rings (SSSR count). The molecule has 0 aliphatic heterocycles. The maximum Gasteiger partial charge on any atom is 0.263 e. The molecule has 5 aromatic rings. The SMILES string of the molecule is Cc1cc(NC(=O)Cc2cccs2)n(-c2nc3c(cnn3-c3ccc(C)c(C)c3)c(=O)[nH]2)n1. The van der Waals surface area contributed by atoms with E-state index in [0.29, 0.717) is 22.5 Å². The molecule has 0 spiro atoms. The van der Waals surface area contributed by atoms with Crippen LogP contribution in [0.15, 0.2) is 52.8 Å². The zero-order chi connectivity index (χ0) is 23.1. The van der Waals surface area contributed by atoms with Crippen LogP contribution in [0.25, 0.3) is 22.7 Å². The Morgan fingerprint density at radius 1 is 1.12 bits per heavy atom. The Kier molecular flexibility index (Phi) is 5.14. The standard InChI is InChI=1S/C23H21N7O2S/c1-13-6-7-16(9-14(13)2)29-21-18(12-24-29)22(32)27-23(26-21)30-19(10-15(3)28-30)25-20(31)11-17-5-4-8-33-17/h4-10,12H,11H2,1-3H3,(H,25,31)(H,26,27,32). The lowest BCUT2D eigenvalue weighted by Crippen LogP contribution is -2.20. The molecule has 9 nitrogen and oxygen atoms in total. The average Bonchev–Trinajstić information content (AvgIpc) is 3.50. The number of benzene rings is 1. The van der Waals surface area contributed by atoms with Crippen molar-refractivity contribution in [3.05, 3.63) is 80.0 Å². The molecule has 4 heterocycles. The van der Waals surface area contributed by atoms with Gasteiger partial charge in [0.25, 0.3) is 5.56 Å². The Morgan fingerprint density at radius 2 is 1.97 bits per heavy atom. The molecule has 166 valence electrons. The van der Waals surface area contributed by atoms with Crippen LogP contribution in [0.2, 0.25) is 0 Å². The van der Waals surface area contributed by atoms with Gasteiger partial charge in [0.15, 0.2) is 5.65 Å². The van der Waals surface area contributed by atoms with E-state index in [-0.39, 0.29) is 23.8 Å². The van der Waals surface area contributed by atoms with E-state index in [0.717, 1.165) is 21.7 Å². The van der Waals surface area contributed by atoms with E-state index in [1.165, 1.54) is 22.2 Å². The van der Waals surface area contributed by atoms with Crippen LogP contribution in [0.3, 0.4) is 0 Å². The van der Waals surface area contributed by atoms with Gasteiger partial charge in [-0.05, 0) is 55.5 Å². The van der Waals surface area contributed by atoms with Crippen molar-refractivity contribution in [3.63, 3.8) is 0 Å². The smallest absolute Gasteiger partial charge is 0.263 e. The number of fused-ring (bicyclic) bond motifs is 1. The van der Waals surface area contributed by atoms with Crippen LogP contribution in [0.1, 0.15) is 21.7 Å². The van der Waals surface area contributed by atoms with Gasteiger partial charge in [-0.1, -0.05) is 12.1 Å². The summed E-state index contributed by atoms with van der Waals surface area (Å²) in [7, 11) is 0. The van der Waals surface area contributed by atoms with Gasteiger partial charge in [0.05, 0.1) is 24.0 Å². The van der Waals surface area contributed by atoms with Crippen molar-refractivity contribution >= 4 is 34.1 Å². The molecule has 0 bridgehead atoms. The van der Waals surface area contributed by atoms with Crippen molar-refractivity contribution < 1.29 is 4.79 Å². The van der Waals surface area contributed by atoms with Gasteiger partial charge < -0.3 is 5.32 Å². The van der Waals surface area contributed by atoms with E-state index in [1.54, 1.807) is 17.7 Å². The first-order chi connectivity index (χ1) is 15.9. The first-order valence-electron chi connectivity index (χ1n) is 10.3. The van der Waals surface area contributed by atoms with E-state index >= 15 is 0 Å². The number of H-pyrrole nitrogens is 1. The Labute approximate surface area is 192 Å². The third-order valence-corrected chi connectivity index (χ3v) is 6.25. The third-order valence-electron chi connectivity index (χ3n) is 5.38. The van der Waals surface area contributed by atoms with Crippen molar-refractivity contribution in [1.29, 1.82) is 0 Å². The number of aryl methyl sites for hydroxylation is 3. The number of nitrogens with zero attached hydrogens (tertiary/aromatic N) is 5. The molecule has 0 aliphatic carbocycles. The summed E-state index contributed by atoms with van der Waals surface area (Å²) in [5.74, 6) is 0.439. The van der Waals surface area contributed by atoms with Crippen LogP contribution in [0.5, 0.6) is 0 Å². The minimum atomic E-state index is -0.339. The number of aromatic nitrogens is 6. The number of hydrogen-bond donors (Lipinski definition) is 2. The number of carbonyl (C=O) groups is 1. The fourth-order valence-corrected chi connectivity index (χ4v) is 4.27. The van der Waals surface area contributed by atoms with Crippen LogP contribution in [0.4, 0.5) is 5.82 Å². The van der Waals surface area contributed by atoms with Crippen LogP contribution in [-0.4, -0.2) is 35.4 Å². The number of anilines is 1. The Balaban J connectivity index is 1.56. The molecular formula is C23H21N7O2S. The highest BCUT2D eigenvalue weighted by molar-refractivity contribution is 7.10. The number of nitrogens with one attached hydrogen (secondary N) is 2. The van der Waals surface area contributed by atoms with Gasteiger partial charge in [-0.25, -0.2) is 4.68 Å². The van der Waals surface area contributed by atoms with Crippen molar-refractivity contribution in [1.82, 2.24) is 29.5 Å².